The Hall–Kier alpha value is -1.38. The van der Waals surface area contributed by atoms with Gasteiger partial charge in [0, 0.05) is 44.4 Å². The number of halogens is 1. The molecule has 0 saturated heterocycles. The largest absolute Gasteiger partial charge is 0.469 e. The number of unbranched alkanes of at least 4 members (excludes halogenated alkanes) is 1. The van der Waals surface area contributed by atoms with Crippen LogP contribution in [0.3, 0.4) is 0 Å². The Bertz CT molecular complexity index is 455. The fourth-order valence-electron chi connectivity index (χ4n) is 1.87. The molecule has 0 aromatic carbocycles. The van der Waals surface area contributed by atoms with Gasteiger partial charge in [-0.3, -0.25) is 14.8 Å². The molecule has 130 valence electrons. The van der Waals surface area contributed by atoms with E-state index in [9.17, 15) is 4.79 Å². The van der Waals surface area contributed by atoms with E-state index in [-0.39, 0.29) is 29.9 Å². The lowest BCUT2D eigenvalue weighted by molar-refractivity contribution is -0.140. The molecule has 0 saturated carbocycles. The number of methoxy groups -OCH3 is 1. The first kappa shape index (κ1) is 21.6. The quantitative estimate of drug-likeness (QED) is 0.205. The zero-order valence-electron chi connectivity index (χ0n) is 13.9. The average molecular weight is 434 g/mol. The Morgan fingerprint density at radius 2 is 2.13 bits per heavy atom. The molecule has 0 amide bonds. The van der Waals surface area contributed by atoms with E-state index in [0.29, 0.717) is 13.0 Å². The van der Waals surface area contributed by atoms with Gasteiger partial charge in [-0.2, -0.15) is 0 Å². The minimum Gasteiger partial charge on any atom is -0.469 e. The van der Waals surface area contributed by atoms with Gasteiger partial charge in [0.05, 0.1) is 7.11 Å². The summed E-state index contributed by atoms with van der Waals surface area (Å²) in [6, 6.07) is 5.91. The Labute approximate surface area is 155 Å². The molecule has 1 heterocycles. The molecular formula is C16H27IN4O2. The van der Waals surface area contributed by atoms with E-state index >= 15 is 0 Å². The summed E-state index contributed by atoms with van der Waals surface area (Å²) < 4.78 is 4.61. The maximum atomic E-state index is 11.0. The molecule has 2 N–H and O–H groups in total. The summed E-state index contributed by atoms with van der Waals surface area (Å²) in [7, 11) is 1.41. The predicted octanol–water partition coefficient (Wildman–Crippen LogP) is 2.14. The second kappa shape index (κ2) is 14.2. The van der Waals surface area contributed by atoms with Crippen molar-refractivity contribution in [2.45, 2.75) is 32.6 Å². The van der Waals surface area contributed by atoms with E-state index in [1.54, 1.807) is 6.20 Å². The van der Waals surface area contributed by atoms with Gasteiger partial charge in [-0.15, -0.1) is 24.0 Å². The van der Waals surface area contributed by atoms with Gasteiger partial charge >= 0.3 is 5.97 Å². The maximum Gasteiger partial charge on any atom is 0.305 e. The highest BCUT2D eigenvalue weighted by Crippen LogP contribution is 1.97. The molecular weight excluding hydrogens is 407 g/mol. The highest BCUT2D eigenvalue weighted by Gasteiger charge is 2.00. The van der Waals surface area contributed by atoms with Crippen LogP contribution < -0.4 is 10.6 Å². The Kier molecular flexibility index (Phi) is 13.4. The van der Waals surface area contributed by atoms with Gasteiger partial charge in [0.2, 0.25) is 0 Å². The van der Waals surface area contributed by atoms with Crippen molar-refractivity contribution in [1.29, 1.82) is 0 Å². The van der Waals surface area contributed by atoms with Crippen molar-refractivity contribution in [3.05, 3.63) is 30.1 Å². The minimum absolute atomic E-state index is 0. The summed E-state index contributed by atoms with van der Waals surface area (Å²) in [6.45, 7) is 4.33. The average Bonchev–Trinajstić information content (AvgIpc) is 2.55. The first-order valence-electron chi connectivity index (χ1n) is 7.75. The number of carbonyl (C=O) groups excluding carboxylic acids is 1. The lowest BCUT2D eigenvalue weighted by atomic mass is 10.2. The summed E-state index contributed by atoms with van der Waals surface area (Å²) in [5.41, 5.74) is 1.06. The smallest absolute Gasteiger partial charge is 0.305 e. The molecule has 7 heteroatoms. The summed E-state index contributed by atoms with van der Waals surface area (Å²) in [4.78, 5) is 19.8. The molecule has 6 nitrogen and oxygen atoms in total. The van der Waals surface area contributed by atoms with Gasteiger partial charge in [0.25, 0.3) is 0 Å². The van der Waals surface area contributed by atoms with Crippen LogP contribution >= 0.6 is 24.0 Å². The summed E-state index contributed by atoms with van der Waals surface area (Å²) in [6.07, 6.45) is 4.77. The highest BCUT2D eigenvalue weighted by atomic mass is 127. The van der Waals surface area contributed by atoms with Crippen LogP contribution in [0.25, 0.3) is 0 Å². The third-order valence-electron chi connectivity index (χ3n) is 3.03. The van der Waals surface area contributed by atoms with Gasteiger partial charge < -0.3 is 15.4 Å². The van der Waals surface area contributed by atoms with Crippen LogP contribution in [0.1, 0.15) is 31.9 Å². The number of pyridine rings is 1. The summed E-state index contributed by atoms with van der Waals surface area (Å²) in [5, 5.41) is 6.49. The van der Waals surface area contributed by atoms with Gasteiger partial charge in [0.1, 0.15) is 0 Å². The van der Waals surface area contributed by atoms with E-state index in [1.165, 1.54) is 7.11 Å². The lowest BCUT2D eigenvalue weighted by Gasteiger charge is -2.11. The molecule has 0 bridgehead atoms. The molecule has 0 spiro atoms. The summed E-state index contributed by atoms with van der Waals surface area (Å²) >= 11 is 0. The third-order valence-corrected chi connectivity index (χ3v) is 3.03. The molecule has 0 unspecified atom stereocenters. The normalized spacial score (nSPS) is 10.6. The van der Waals surface area contributed by atoms with Crippen molar-refractivity contribution in [2.75, 3.05) is 26.7 Å². The van der Waals surface area contributed by atoms with E-state index in [2.05, 4.69) is 25.3 Å². The van der Waals surface area contributed by atoms with Crippen LogP contribution in [-0.4, -0.2) is 43.7 Å². The number of rotatable bonds is 9. The van der Waals surface area contributed by atoms with Crippen LogP contribution in [-0.2, 0) is 16.0 Å². The number of nitrogens with zero attached hydrogens (tertiary/aromatic N) is 2. The standard InChI is InChI=1S/C16H26N4O2.HI/c1-3-17-16(19-12-7-5-9-15(21)22-2)20-13-10-14-8-4-6-11-18-14;/h4,6,8,11H,3,5,7,9-10,12-13H2,1-2H3,(H2,17,19,20);1H. The molecule has 0 aliphatic heterocycles. The molecule has 0 aliphatic carbocycles. The van der Waals surface area contributed by atoms with Crippen LogP contribution in [0.15, 0.2) is 29.4 Å². The van der Waals surface area contributed by atoms with E-state index < -0.39 is 0 Å². The molecule has 1 rings (SSSR count). The molecule has 1 aromatic heterocycles. The van der Waals surface area contributed by atoms with Gasteiger partial charge in [0.15, 0.2) is 5.96 Å². The van der Waals surface area contributed by atoms with E-state index in [0.717, 1.165) is 44.0 Å². The molecule has 0 fully saturated rings. The van der Waals surface area contributed by atoms with Gasteiger partial charge in [-0.05, 0) is 31.9 Å². The second-order valence-corrected chi connectivity index (χ2v) is 4.79. The van der Waals surface area contributed by atoms with Crippen molar-refractivity contribution < 1.29 is 9.53 Å². The Morgan fingerprint density at radius 3 is 2.78 bits per heavy atom. The maximum absolute atomic E-state index is 11.0. The zero-order valence-corrected chi connectivity index (χ0v) is 16.2. The minimum atomic E-state index is -0.163. The van der Waals surface area contributed by atoms with Crippen LogP contribution in [0.5, 0.6) is 0 Å². The van der Waals surface area contributed by atoms with Crippen LogP contribution in [0.2, 0.25) is 0 Å². The molecule has 1 aromatic rings. The Balaban J connectivity index is 0.00000484. The van der Waals surface area contributed by atoms with Crippen molar-refractivity contribution in [3.63, 3.8) is 0 Å². The lowest BCUT2D eigenvalue weighted by Crippen LogP contribution is -2.38. The van der Waals surface area contributed by atoms with Gasteiger partial charge in [-0.25, -0.2) is 0 Å². The number of hydrogen-bond donors (Lipinski definition) is 2. The van der Waals surface area contributed by atoms with Crippen LogP contribution in [0.4, 0.5) is 0 Å². The fourth-order valence-corrected chi connectivity index (χ4v) is 1.87. The predicted molar refractivity (Wildman–Crippen MR) is 103 cm³/mol. The Morgan fingerprint density at radius 1 is 1.30 bits per heavy atom. The van der Waals surface area contributed by atoms with E-state index in [4.69, 9.17) is 0 Å². The van der Waals surface area contributed by atoms with Crippen molar-refractivity contribution in [3.8, 4) is 0 Å². The van der Waals surface area contributed by atoms with Crippen LogP contribution in [0, 0.1) is 0 Å². The molecule has 0 atom stereocenters. The topological polar surface area (TPSA) is 75.6 Å². The number of hydrogen-bond acceptors (Lipinski definition) is 4. The molecule has 23 heavy (non-hydrogen) atoms. The highest BCUT2D eigenvalue weighted by molar-refractivity contribution is 14.0. The van der Waals surface area contributed by atoms with Crippen molar-refractivity contribution >= 4 is 35.9 Å². The first-order chi connectivity index (χ1) is 10.8. The molecule has 0 radical (unpaired) electrons. The van der Waals surface area contributed by atoms with Crippen molar-refractivity contribution in [1.82, 2.24) is 15.6 Å². The van der Waals surface area contributed by atoms with Gasteiger partial charge in [-0.1, -0.05) is 6.07 Å². The fraction of sp³-hybridized carbons (Fsp3) is 0.562. The van der Waals surface area contributed by atoms with E-state index in [1.807, 2.05) is 25.1 Å². The number of ether oxygens (including phenoxy) is 1. The number of aromatic nitrogens is 1. The zero-order chi connectivity index (χ0) is 16.0. The SMILES string of the molecule is CCNC(=NCCCCC(=O)OC)NCCc1ccccn1.I. The monoisotopic (exact) mass is 434 g/mol. The number of aliphatic imine (C=N–C) groups is 1. The summed E-state index contributed by atoms with van der Waals surface area (Å²) in [5.74, 6) is 0.640. The number of guanidine groups is 1. The van der Waals surface area contributed by atoms with Crippen molar-refractivity contribution in [2.24, 2.45) is 4.99 Å². The third kappa shape index (κ3) is 10.9. The first-order valence-corrected chi connectivity index (χ1v) is 7.75. The number of nitrogens with one attached hydrogen (secondary N) is 2. The second-order valence-electron chi connectivity index (χ2n) is 4.79. The number of carbonyl (C=O) groups is 1. The number of esters is 1. The molecule has 0 aliphatic rings.